The molecule has 13 heteroatoms. The first kappa shape index (κ1) is 33.3. The molecule has 0 aliphatic carbocycles. The number of furan rings is 1. The number of amides is 1. The second-order valence-corrected chi connectivity index (χ2v) is 12.4. The summed E-state index contributed by atoms with van der Waals surface area (Å²) in [6.45, 7) is 8.92. The molecule has 2 aliphatic rings. The minimum absolute atomic E-state index is 0.0634. The number of nitrogens with zero attached hydrogens (tertiary/aromatic N) is 5. The van der Waals surface area contributed by atoms with Crippen LogP contribution in [0.4, 0.5) is 23.0 Å². The fraction of sp³-hybridized carbons (Fsp3) is 0.351. The topological polar surface area (TPSA) is 154 Å². The highest BCUT2D eigenvalue weighted by atomic mass is 16.5. The largest absolute Gasteiger partial charge is 0.494 e. The van der Waals surface area contributed by atoms with Gasteiger partial charge in [0.2, 0.25) is 11.9 Å². The molecular formula is C37H42N8O5. The molecule has 2 saturated heterocycles. The fourth-order valence-corrected chi connectivity index (χ4v) is 6.76. The smallest absolute Gasteiger partial charge is 0.247 e. The number of hydrogen-bond acceptors (Lipinski definition) is 11. The van der Waals surface area contributed by atoms with Gasteiger partial charge in [-0.3, -0.25) is 9.69 Å². The lowest BCUT2D eigenvalue weighted by Gasteiger charge is -2.41. The maximum atomic E-state index is 12.6. The van der Waals surface area contributed by atoms with Crippen LogP contribution in [0.15, 0.2) is 72.0 Å². The molecule has 0 bridgehead atoms. The number of hydrogen-bond donors (Lipinski definition) is 4. The number of ether oxygens (including phenoxy) is 2. The number of aliphatic hydroxyl groups excluding tert-OH is 1. The van der Waals surface area contributed by atoms with E-state index in [4.69, 9.17) is 23.9 Å². The third-order valence-corrected chi connectivity index (χ3v) is 9.34. The molecular weight excluding hydrogens is 636 g/mol. The first-order valence-corrected chi connectivity index (χ1v) is 17.0. The molecule has 4 N–H and O–H groups in total. The van der Waals surface area contributed by atoms with E-state index in [1.165, 1.54) is 6.08 Å². The van der Waals surface area contributed by atoms with Gasteiger partial charge in [-0.15, -0.1) is 0 Å². The maximum Gasteiger partial charge on any atom is 0.247 e. The monoisotopic (exact) mass is 678 g/mol. The van der Waals surface area contributed by atoms with Crippen LogP contribution in [0.5, 0.6) is 5.75 Å². The number of benzene rings is 2. The summed E-state index contributed by atoms with van der Waals surface area (Å²) in [6, 6.07) is 14.0. The van der Waals surface area contributed by atoms with E-state index < -0.39 is 0 Å². The Morgan fingerprint density at radius 1 is 1.10 bits per heavy atom. The second-order valence-electron chi connectivity index (χ2n) is 12.4. The van der Waals surface area contributed by atoms with E-state index in [0.29, 0.717) is 47.7 Å². The van der Waals surface area contributed by atoms with Crippen molar-refractivity contribution in [2.24, 2.45) is 0 Å². The average Bonchev–Trinajstić information content (AvgIpc) is 3.82. The van der Waals surface area contributed by atoms with Crippen LogP contribution in [-0.2, 0) is 16.0 Å². The molecule has 3 aromatic heterocycles. The van der Waals surface area contributed by atoms with Crippen LogP contribution in [-0.4, -0.2) is 95.0 Å². The van der Waals surface area contributed by atoms with E-state index in [-0.39, 0.29) is 12.5 Å². The lowest BCUT2D eigenvalue weighted by molar-refractivity contribution is -0.111. The van der Waals surface area contributed by atoms with Gasteiger partial charge in [-0.05, 0) is 49.6 Å². The zero-order valence-corrected chi connectivity index (χ0v) is 28.2. The van der Waals surface area contributed by atoms with Gasteiger partial charge in [0.25, 0.3) is 0 Å². The third-order valence-electron chi connectivity index (χ3n) is 9.34. The lowest BCUT2D eigenvalue weighted by atomic mass is 10.0. The highest BCUT2D eigenvalue weighted by Crippen LogP contribution is 2.40. The first-order valence-electron chi connectivity index (χ1n) is 17.0. The van der Waals surface area contributed by atoms with Crippen LogP contribution in [0.1, 0.15) is 25.1 Å². The van der Waals surface area contributed by atoms with Crippen molar-refractivity contribution in [2.75, 3.05) is 68.6 Å². The van der Waals surface area contributed by atoms with Gasteiger partial charge in [-0.2, -0.15) is 0 Å². The standard InChI is InChI=1S/C37H42N8O5/c1-3-34(47)39-28-22-29(32(48-2)23-30(28)45-13-9-26(10-14-45)44-15-19-49-20-16-44)41-37-38-12-8-27(40-37)36-35(42-33(43-36)5-4-17-46)25-7-6-24-11-18-50-31(24)21-25/h3,6-8,11-12,18,21-23,26,46H,1,4-5,9-10,13-17,19-20H2,2H3,(H,39,47)(H,42,43)(H,38,40,41). The molecule has 50 heavy (non-hydrogen) atoms. The van der Waals surface area contributed by atoms with Crippen LogP contribution in [0, 0.1) is 0 Å². The number of morpholine rings is 1. The summed E-state index contributed by atoms with van der Waals surface area (Å²) in [5, 5.41) is 16.8. The second kappa shape index (κ2) is 15.1. The molecule has 0 spiro atoms. The van der Waals surface area contributed by atoms with Gasteiger partial charge in [0, 0.05) is 68.5 Å². The predicted octanol–water partition coefficient (Wildman–Crippen LogP) is 5.38. The number of carbonyl (C=O) groups is 1. The molecule has 0 unspecified atom stereocenters. The predicted molar refractivity (Wildman–Crippen MR) is 193 cm³/mol. The van der Waals surface area contributed by atoms with Gasteiger partial charge >= 0.3 is 0 Å². The Morgan fingerprint density at radius 2 is 1.94 bits per heavy atom. The van der Waals surface area contributed by atoms with Crippen LogP contribution >= 0.6 is 0 Å². The summed E-state index contributed by atoms with van der Waals surface area (Å²) in [5.41, 5.74) is 5.79. The number of methoxy groups -OCH3 is 1. The summed E-state index contributed by atoms with van der Waals surface area (Å²) in [7, 11) is 1.62. The maximum absolute atomic E-state index is 12.6. The molecule has 0 saturated carbocycles. The van der Waals surface area contributed by atoms with Gasteiger partial charge in [-0.25, -0.2) is 15.0 Å². The lowest BCUT2D eigenvalue weighted by Crippen LogP contribution is -2.49. The minimum Gasteiger partial charge on any atom is -0.494 e. The van der Waals surface area contributed by atoms with Crippen molar-refractivity contribution >= 4 is 39.9 Å². The molecule has 5 aromatic rings. The highest BCUT2D eigenvalue weighted by Gasteiger charge is 2.28. The van der Waals surface area contributed by atoms with Crippen molar-refractivity contribution in [3.05, 3.63) is 73.4 Å². The van der Waals surface area contributed by atoms with Crippen molar-refractivity contribution in [2.45, 2.75) is 31.7 Å². The number of aliphatic hydroxyl groups is 1. The molecule has 260 valence electrons. The number of anilines is 4. The van der Waals surface area contributed by atoms with Gasteiger partial charge < -0.3 is 39.5 Å². The Hall–Kier alpha value is -5.24. The molecule has 2 aromatic carbocycles. The van der Waals surface area contributed by atoms with Crippen molar-refractivity contribution in [1.82, 2.24) is 24.8 Å². The van der Waals surface area contributed by atoms with E-state index in [2.05, 4.69) is 37.0 Å². The van der Waals surface area contributed by atoms with Crippen LogP contribution in [0.3, 0.4) is 0 Å². The van der Waals surface area contributed by atoms with Crippen LogP contribution in [0.25, 0.3) is 33.6 Å². The minimum atomic E-state index is -0.305. The zero-order valence-electron chi connectivity index (χ0n) is 28.2. The van der Waals surface area contributed by atoms with Crippen molar-refractivity contribution in [1.29, 1.82) is 0 Å². The fourth-order valence-electron chi connectivity index (χ4n) is 6.76. The summed E-state index contributed by atoms with van der Waals surface area (Å²) < 4.78 is 17.1. The number of fused-ring (bicyclic) bond motifs is 1. The van der Waals surface area contributed by atoms with Crippen LogP contribution in [0.2, 0.25) is 0 Å². The number of rotatable bonds is 12. The number of aryl methyl sites for hydroxylation is 1. The quantitative estimate of drug-likeness (QED) is 0.126. The molecule has 2 fully saturated rings. The van der Waals surface area contributed by atoms with Gasteiger partial charge in [-0.1, -0.05) is 18.7 Å². The van der Waals surface area contributed by atoms with Crippen molar-refractivity contribution in [3.63, 3.8) is 0 Å². The average molecular weight is 679 g/mol. The van der Waals surface area contributed by atoms with Crippen LogP contribution < -0.4 is 20.3 Å². The van der Waals surface area contributed by atoms with Crippen molar-refractivity contribution < 1.29 is 23.8 Å². The molecule has 2 aliphatic heterocycles. The molecule has 0 radical (unpaired) electrons. The Kier molecular flexibility index (Phi) is 10.1. The molecule has 7 rings (SSSR count). The van der Waals surface area contributed by atoms with Gasteiger partial charge in [0.05, 0.1) is 60.7 Å². The van der Waals surface area contributed by atoms with E-state index in [0.717, 1.165) is 91.7 Å². The van der Waals surface area contributed by atoms with Gasteiger partial charge in [0.15, 0.2) is 0 Å². The van der Waals surface area contributed by atoms with Gasteiger partial charge in [0.1, 0.15) is 17.2 Å². The number of H-pyrrole nitrogens is 1. The summed E-state index contributed by atoms with van der Waals surface area (Å²) in [5.74, 6) is 1.35. The number of aromatic nitrogens is 4. The zero-order chi connectivity index (χ0) is 34.5. The summed E-state index contributed by atoms with van der Waals surface area (Å²) in [6.07, 6.45) is 7.80. The molecule has 13 nitrogen and oxygen atoms in total. The Balaban J connectivity index is 1.18. The van der Waals surface area contributed by atoms with E-state index in [1.807, 2.05) is 42.5 Å². The SMILES string of the molecule is C=CC(=O)Nc1cc(Nc2nccc(-c3[nH]c(CCCO)nc3-c3ccc4ccoc4c3)n2)c(OC)cc1N1CCC(N2CCOCC2)CC1. The number of aromatic amines is 1. The van der Waals surface area contributed by atoms with E-state index in [9.17, 15) is 9.90 Å². The number of imidazole rings is 1. The normalized spacial score (nSPS) is 15.7. The first-order chi connectivity index (χ1) is 24.5. The Morgan fingerprint density at radius 3 is 2.72 bits per heavy atom. The number of nitrogens with one attached hydrogen (secondary N) is 3. The molecule has 1 amide bonds. The summed E-state index contributed by atoms with van der Waals surface area (Å²) >= 11 is 0. The number of piperidine rings is 1. The number of carbonyl (C=O) groups excluding carboxylic acids is 1. The Labute approximate surface area is 290 Å². The summed E-state index contributed by atoms with van der Waals surface area (Å²) in [4.78, 5) is 35.1. The van der Waals surface area contributed by atoms with E-state index in [1.54, 1.807) is 19.6 Å². The van der Waals surface area contributed by atoms with Crippen molar-refractivity contribution in [3.8, 4) is 28.4 Å². The van der Waals surface area contributed by atoms with E-state index >= 15 is 0 Å². The molecule has 0 atom stereocenters. The highest BCUT2D eigenvalue weighted by molar-refractivity contribution is 6.02. The third kappa shape index (κ3) is 7.20. The Bertz CT molecular complexity index is 1960. The molecule has 5 heterocycles.